The van der Waals surface area contributed by atoms with Crippen molar-refractivity contribution < 1.29 is 17.7 Å². The third-order valence-corrected chi connectivity index (χ3v) is 7.93. The molecule has 2 aromatic heterocycles. The molecule has 1 saturated heterocycles. The molecule has 2 atom stereocenters. The summed E-state index contributed by atoms with van der Waals surface area (Å²) in [4.78, 5) is 11.3. The maximum Gasteiger partial charge on any atom is 0.419 e. The summed E-state index contributed by atoms with van der Waals surface area (Å²) in [6.07, 6.45) is -0.253. The minimum Gasteiger partial charge on any atom is -0.360 e. The fourth-order valence-corrected chi connectivity index (χ4v) is 5.76. The Kier molecular flexibility index (Phi) is 4.51. The number of rotatable bonds is 4. The van der Waals surface area contributed by atoms with Crippen LogP contribution in [0.4, 0.5) is 19.1 Å². The normalized spacial score (nSPS) is 23.6. The van der Waals surface area contributed by atoms with E-state index in [1.165, 1.54) is 6.20 Å². The highest BCUT2D eigenvalue weighted by Gasteiger charge is 2.55. The molecule has 2 unspecified atom stereocenters. The van der Waals surface area contributed by atoms with Crippen molar-refractivity contribution in [2.24, 2.45) is 5.41 Å². The van der Waals surface area contributed by atoms with Crippen LogP contribution in [-0.4, -0.2) is 47.4 Å². The molecular weight excluding hydrogens is 426 g/mol. The number of benzene rings is 1. The highest BCUT2D eigenvalue weighted by molar-refractivity contribution is 7.70. The smallest absolute Gasteiger partial charge is 0.360 e. The first-order valence-corrected chi connectivity index (χ1v) is 12.8. The summed E-state index contributed by atoms with van der Waals surface area (Å²) in [6, 6.07) is 5.33. The van der Waals surface area contributed by atoms with Crippen molar-refractivity contribution >= 4 is 29.3 Å². The van der Waals surface area contributed by atoms with Crippen LogP contribution in [0.25, 0.3) is 22.2 Å². The number of nitrogens with one attached hydrogen (secondary N) is 3. The van der Waals surface area contributed by atoms with Gasteiger partial charge < -0.3 is 20.2 Å². The fraction of sp³-hybridized carbons (Fsp3) is 0.429. The monoisotopic (exact) mass is 449 g/mol. The number of aromatic amines is 1. The lowest BCUT2D eigenvalue weighted by Crippen LogP contribution is -2.19. The van der Waals surface area contributed by atoms with E-state index in [1.54, 1.807) is 31.5 Å². The van der Waals surface area contributed by atoms with E-state index in [0.717, 1.165) is 32.1 Å². The molecule has 1 aliphatic carbocycles. The molecule has 5 rings (SSSR count). The third-order valence-electron chi connectivity index (χ3n) is 6.39. The zero-order valence-electron chi connectivity index (χ0n) is 17.2. The average molecular weight is 449 g/mol. The maximum absolute atomic E-state index is 13.8. The van der Waals surface area contributed by atoms with Crippen LogP contribution < -0.4 is 15.9 Å². The summed E-state index contributed by atoms with van der Waals surface area (Å²) in [6.45, 7) is 5.13. The van der Waals surface area contributed by atoms with Crippen molar-refractivity contribution in [3.63, 3.8) is 0 Å². The number of hydrogen-bond donors (Lipinski definition) is 3. The largest absolute Gasteiger partial charge is 0.419 e. The molecule has 10 heteroatoms. The van der Waals surface area contributed by atoms with Gasteiger partial charge in [0.15, 0.2) is 0 Å². The Balaban J connectivity index is 1.60. The van der Waals surface area contributed by atoms with Gasteiger partial charge in [-0.1, -0.05) is 12.1 Å². The molecule has 1 aliphatic heterocycles. The molecule has 1 spiro atoms. The van der Waals surface area contributed by atoms with Crippen LogP contribution in [0.5, 0.6) is 0 Å². The van der Waals surface area contributed by atoms with E-state index >= 15 is 0 Å². The van der Waals surface area contributed by atoms with Gasteiger partial charge in [-0.05, 0) is 38.8 Å². The Labute approximate surface area is 177 Å². The molecule has 1 aromatic carbocycles. The summed E-state index contributed by atoms with van der Waals surface area (Å²) >= 11 is 0. The Bertz CT molecular complexity index is 1210. The van der Waals surface area contributed by atoms with Crippen LogP contribution in [0.2, 0.25) is 0 Å². The zero-order chi connectivity index (χ0) is 22.0. The Morgan fingerprint density at radius 2 is 2.10 bits per heavy atom. The molecule has 2 fully saturated rings. The molecule has 3 aromatic rings. The summed E-state index contributed by atoms with van der Waals surface area (Å²) in [5.41, 5.74) is -0.0321. The fourth-order valence-electron chi connectivity index (χ4n) is 4.59. The van der Waals surface area contributed by atoms with Crippen LogP contribution >= 0.6 is 7.14 Å². The lowest BCUT2D eigenvalue weighted by Gasteiger charge is -2.14. The Morgan fingerprint density at radius 3 is 2.77 bits per heavy atom. The molecule has 3 heterocycles. The van der Waals surface area contributed by atoms with E-state index in [1.807, 2.05) is 0 Å². The molecule has 1 saturated carbocycles. The van der Waals surface area contributed by atoms with Gasteiger partial charge >= 0.3 is 6.18 Å². The predicted molar refractivity (Wildman–Crippen MR) is 115 cm³/mol. The Hall–Kier alpha value is -2.38. The van der Waals surface area contributed by atoms with E-state index in [9.17, 15) is 17.7 Å². The lowest BCUT2D eigenvalue weighted by atomic mass is 10.1. The first-order valence-electron chi connectivity index (χ1n) is 10.2. The summed E-state index contributed by atoms with van der Waals surface area (Å²) in [7, 11) is -2.63. The van der Waals surface area contributed by atoms with Crippen LogP contribution in [0.1, 0.15) is 18.4 Å². The highest BCUT2D eigenvalue weighted by Crippen LogP contribution is 2.52. The number of aromatic nitrogens is 3. The topological polar surface area (TPSA) is 82.7 Å². The molecule has 2 aliphatic rings. The molecular formula is C21H23F3N5OP. The third kappa shape index (κ3) is 3.53. The molecule has 0 amide bonds. The van der Waals surface area contributed by atoms with Gasteiger partial charge in [0.1, 0.15) is 12.7 Å². The number of halogens is 3. The van der Waals surface area contributed by atoms with Crippen molar-refractivity contribution in [3.05, 3.63) is 36.2 Å². The predicted octanol–water partition coefficient (Wildman–Crippen LogP) is 4.06. The summed E-state index contributed by atoms with van der Waals surface area (Å²) in [5.74, 6) is 0.193. The quantitative estimate of drug-likeness (QED) is 0.524. The second-order valence-electron chi connectivity index (χ2n) is 8.90. The number of nitrogens with zero attached hydrogens (tertiary/aromatic N) is 2. The SMILES string of the molecule is CP(C)(=O)c1cccc2c(-c3nc(NC4CC45CCNC5)ncc3C(F)(F)F)c[nH]c12. The van der Waals surface area contributed by atoms with Gasteiger partial charge in [-0.25, -0.2) is 9.97 Å². The van der Waals surface area contributed by atoms with E-state index in [2.05, 4.69) is 25.6 Å². The van der Waals surface area contributed by atoms with Crippen molar-refractivity contribution in [1.29, 1.82) is 0 Å². The van der Waals surface area contributed by atoms with Gasteiger partial charge in [-0.15, -0.1) is 0 Å². The van der Waals surface area contributed by atoms with E-state index < -0.39 is 18.9 Å². The molecule has 31 heavy (non-hydrogen) atoms. The van der Waals surface area contributed by atoms with Crippen molar-refractivity contribution in [2.45, 2.75) is 25.1 Å². The number of fused-ring (bicyclic) bond motifs is 1. The van der Waals surface area contributed by atoms with E-state index in [-0.39, 0.29) is 23.1 Å². The van der Waals surface area contributed by atoms with Gasteiger partial charge in [-0.3, -0.25) is 0 Å². The van der Waals surface area contributed by atoms with Gasteiger partial charge in [-0.2, -0.15) is 13.2 Å². The number of para-hydroxylation sites is 1. The first-order chi connectivity index (χ1) is 14.6. The van der Waals surface area contributed by atoms with Crippen LogP contribution in [0.15, 0.2) is 30.6 Å². The molecule has 0 bridgehead atoms. The van der Waals surface area contributed by atoms with E-state index in [0.29, 0.717) is 21.8 Å². The second kappa shape index (κ2) is 6.81. The minimum atomic E-state index is -4.60. The highest BCUT2D eigenvalue weighted by atomic mass is 31.2. The Morgan fingerprint density at radius 1 is 1.29 bits per heavy atom. The molecule has 6 nitrogen and oxygen atoms in total. The second-order valence-corrected chi connectivity index (χ2v) is 12.1. The first kappa shape index (κ1) is 20.5. The molecule has 3 N–H and O–H groups in total. The van der Waals surface area contributed by atoms with Crippen LogP contribution in [-0.2, 0) is 10.7 Å². The van der Waals surface area contributed by atoms with Gasteiger partial charge in [0, 0.05) is 46.6 Å². The van der Waals surface area contributed by atoms with Crippen LogP contribution in [0, 0.1) is 5.41 Å². The number of hydrogen-bond acceptors (Lipinski definition) is 5. The van der Waals surface area contributed by atoms with Gasteiger partial charge in [0.05, 0.1) is 11.2 Å². The van der Waals surface area contributed by atoms with E-state index in [4.69, 9.17) is 0 Å². The summed E-state index contributed by atoms with van der Waals surface area (Å²) < 4.78 is 54.0. The standard InChI is InChI=1S/C21H23F3N5OP/c1-31(2,30)15-5-3-4-12-13(9-26-18(12)15)17-14(21(22,23)24)10-27-19(29-17)28-16-8-20(16)6-7-25-11-20/h3-5,9-10,16,25-26H,6-8,11H2,1-2H3,(H,27,28,29). The minimum absolute atomic E-state index is 0.158. The van der Waals surface area contributed by atoms with Crippen molar-refractivity contribution in [1.82, 2.24) is 20.3 Å². The number of alkyl halides is 3. The average Bonchev–Trinajstić information content (AvgIpc) is 3.04. The van der Waals surface area contributed by atoms with Crippen LogP contribution in [0.3, 0.4) is 0 Å². The number of H-pyrrole nitrogens is 1. The number of anilines is 1. The molecule has 0 radical (unpaired) electrons. The van der Waals surface area contributed by atoms with Gasteiger partial charge in [0.25, 0.3) is 0 Å². The van der Waals surface area contributed by atoms with Crippen molar-refractivity contribution in [2.75, 3.05) is 31.7 Å². The maximum atomic E-state index is 13.8. The lowest BCUT2D eigenvalue weighted by molar-refractivity contribution is -0.137. The van der Waals surface area contributed by atoms with Crippen molar-refractivity contribution in [3.8, 4) is 11.3 Å². The molecule has 164 valence electrons. The summed E-state index contributed by atoms with van der Waals surface area (Å²) in [5, 5.41) is 7.72. The zero-order valence-corrected chi connectivity index (χ0v) is 18.1. The van der Waals surface area contributed by atoms with Gasteiger partial charge in [0.2, 0.25) is 5.95 Å².